The van der Waals surface area contributed by atoms with E-state index in [9.17, 15) is 4.79 Å². The van der Waals surface area contributed by atoms with E-state index in [1.54, 1.807) is 6.07 Å². The Labute approximate surface area is 130 Å². The number of methoxy groups -OCH3 is 1. The summed E-state index contributed by atoms with van der Waals surface area (Å²) in [5.74, 6) is 0.631. The molecule has 4 heteroatoms. The molecular weight excluding hydrogens is 276 g/mol. The monoisotopic (exact) mass is 294 g/mol. The Balaban J connectivity index is 1.96. The molecule has 0 radical (unpaired) electrons. The number of benzene rings is 2. The predicted molar refractivity (Wildman–Crippen MR) is 87.9 cm³/mol. The Morgan fingerprint density at radius 2 is 1.82 bits per heavy atom. The third kappa shape index (κ3) is 2.86. The van der Waals surface area contributed by atoms with Gasteiger partial charge in [-0.3, -0.25) is 0 Å². The number of rotatable bonds is 3. The largest absolute Gasteiger partial charge is 0.465 e. The highest BCUT2D eigenvalue weighted by atomic mass is 16.5. The van der Waals surface area contributed by atoms with E-state index in [-0.39, 0.29) is 5.97 Å². The zero-order chi connectivity index (χ0) is 15.4. The number of esters is 1. The predicted octanol–water partition coefficient (Wildman–Crippen LogP) is 3.80. The number of para-hydroxylation sites is 2. The maximum absolute atomic E-state index is 11.9. The summed E-state index contributed by atoms with van der Waals surface area (Å²) < 4.78 is 4.83. The number of amidine groups is 1. The van der Waals surface area contributed by atoms with Crippen LogP contribution in [0.2, 0.25) is 0 Å². The molecule has 0 saturated carbocycles. The van der Waals surface area contributed by atoms with Crippen LogP contribution < -0.4 is 4.90 Å². The molecule has 2 aromatic carbocycles. The van der Waals surface area contributed by atoms with Crippen LogP contribution in [0.5, 0.6) is 0 Å². The molecule has 3 rings (SSSR count). The van der Waals surface area contributed by atoms with E-state index in [1.807, 2.05) is 36.4 Å². The van der Waals surface area contributed by atoms with Crippen molar-refractivity contribution < 1.29 is 9.53 Å². The molecule has 0 aliphatic carbocycles. The zero-order valence-corrected chi connectivity index (χ0v) is 12.5. The van der Waals surface area contributed by atoms with E-state index in [2.05, 4.69) is 17.0 Å². The molecule has 0 amide bonds. The lowest BCUT2D eigenvalue weighted by Crippen LogP contribution is -2.23. The van der Waals surface area contributed by atoms with Crippen LogP contribution in [0.3, 0.4) is 0 Å². The number of hydrogen-bond acceptors (Lipinski definition) is 3. The van der Waals surface area contributed by atoms with Crippen LogP contribution in [0, 0.1) is 0 Å². The van der Waals surface area contributed by atoms with Crippen LogP contribution in [-0.2, 0) is 4.74 Å². The van der Waals surface area contributed by atoms with Crippen LogP contribution in [0.4, 0.5) is 11.4 Å². The van der Waals surface area contributed by atoms with Crippen LogP contribution in [0.15, 0.2) is 59.6 Å². The second-order valence-corrected chi connectivity index (χ2v) is 5.13. The first-order valence-corrected chi connectivity index (χ1v) is 7.37. The van der Waals surface area contributed by atoms with Gasteiger partial charge in [-0.25, -0.2) is 9.79 Å². The van der Waals surface area contributed by atoms with Crippen molar-refractivity contribution in [2.24, 2.45) is 4.99 Å². The topological polar surface area (TPSA) is 41.9 Å². The van der Waals surface area contributed by atoms with Crippen molar-refractivity contribution >= 4 is 23.2 Å². The van der Waals surface area contributed by atoms with Gasteiger partial charge in [0, 0.05) is 18.7 Å². The van der Waals surface area contributed by atoms with Gasteiger partial charge >= 0.3 is 5.97 Å². The highest BCUT2D eigenvalue weighted by Crippen LogP contribution is 2.26. The molecule has 2 aromatic rings. The molecule has 1 saturated heterocycles. The van der Waals surface area contributed by atoms with Gasteiger partial charge in [0.25, 0.3) is 0 Å². The fourth-order valence-corrected chi connectivity index (χ4v) is 2.65. The maximum Gasteiger partial charge on any atom is 0.340 e. The molecule has 1 aliphatic heterocycles. The van der Waals surface area contributed by atoms with Crippen LogP contribution in [-0.4, -0.2) is 25.5 Å². The summed E-state index contributed by atoms with van der Waals surface area (Å²) in [5.41, 5.74) is 2.29. The van der Waals surface area contributed by atoms with Crippen molar-refractivity contribution in [1.82, 2.24) is 0 Å². The number of nitrogens with zero attached hydrogens (tertiary/aromatic N) is 2. The highest BCUT2D eigenvalue weighted by Gasteiger charge is 2.21. The zero-order valence-electron chi connectivity index (χ0n) is 12.5. The first-order chi connectivity index (χ1) is 10.8. The fourth-order valence-electron chi connectivity index (χ4n) is 2.65. The Bertz CT molecular complexity index is 695. The van der Waals surface area contributed by atoms with Gasteiger partial charge < -0.3 is 9.64 Å². The standard InChI is InChI=1S/C18H18N2O2/c1-22-18(21)15-10-5-6-11-16(15)19-17-12-7-13-20(17)14-8-3-2-4-9-14/h2-6,8-11H,7,12-13H2,1H3/b19-17+. The van der Waals surface area contributed by atoms with E-state index in [1.165, 1.54) is 7.11 Å². The van der Waals surface area contributed by atoms with Crippen molar-refractivity contribution in [2.45, 2.75) is 12.8 Å². The SMILES string of the molecule is COC(=O)c1ccccc1/N=C1\CCCN1c1ccccc1. The van der Waals surface area contributed by atoms with Gasteiger partial charge in [0.1, 0.15) is 5.84 Å². The molecule has 0 spiro atoms. The average Bonchev–Trinajstić information content (AvgIpc) is 3.03. The summed E-state index contributed by atoms with van der Waals surface area (Å²) in [6.45, 7) is 0.948. The quantitative estimate of drug-likeness (QED) is 0.808. The summed E-state index contributed by atoms with van der Waals surface area (Å²) in [6.07, 6.45) is 1.97. The molecule has 112 valence electrons. The van der Waals surface area contributed by atoms with Crippen LogP contribution in [0.1, 0.15) is 23.2 Å². The molecule has 0 bridgehead atoms. The van der Waals surface area contributed by atoms with Gasteiger partial charge in [-0.05, 0) is 30.7 Å². The number of anilines is 1. The van der Waals surface area contributed by atoms with E-state index >= 15 is 0 Å². The lowest BCUT2D eigenvalue weighted by atomic mass is 10.2. The lowest BCUT2D eigenvalue weighted by Gasteiger charge is -2.19. The first-order valence-electron chi connectivity index (χ1n) is 7.37. The summed E-state index contributed by atoms with van der Waals surface area (Å²) in [4.78, 5) is 18.8. The van der Waals surface area contributed by atoms with Crippen molar-refractivity contribution in [3.63, 3.8) is 0 Å². The normalized spacial score (nSPS) is 16.0. The molecule has 1 heterocycles. The van der Waals surface area contributed by atoms with E-state index in [0.29, 0.717) is 11.3 Å². The number of hydrogen-bond donors (Lipinski definition) is 0. The lowest BCUT2D eigenvalue weighted by molar-refractivity contribution is 0.0601. The van der Waals surface area contributed by atoms with Gasteiger partial charge in [-0.15, -0.1) is 0 Å². The third-order valence-corrected chi connectivity index (χ3v) is 3.72. The first kappa shape index (κ1) is 14.3. The maximum atomic E-state index is 11.9. The third-order valence-electron chi connectivity index (χ3n) is 3.72. The summed E-state index contributed by atoms with van der Waals surface area (Å²) in [7, 11) is 1.39. The molecule has 4 nitrogen and oxygen atoms in total. The summed E-state index contributed by atoms with van der Waals surface area (Å²) in [6, 6.07) is 17.5. The van der Waals surface area contributed by atoms with Crippen molar-refractivity contribution in [1.29, 1.82) is 0 Å². The van der Waals surface area contributed by atoms with Gasteiger partial charge in [-0.2, -0.15) is 0 Å². The smallest absolute Gasteiger partial charge is 0.340 e. The van der Waals surface area contributed by atoms with Crippen molar-refractivity contribution in [2.75, 3.05) is 18.6 Å². The van der Waals surface area contributed by atoms with E-state index in [0.717, 1.165) is 30.9 Å². The molecule has 0 N–H and O–H groups in total. The van der Waals surface area contributed by atoms with E-state index < -0.39 is 0 Å². The fraction of sp³-hybridized carbons (Fsp3) is 0.222. The molecule has 22 heavy (non-hydrogen) atoms. The van der Waals surface area contributed by atoms with E-state index in [4.69, 9.17) is 9.73 Å². The van der Waals surface area contributed by atoms with Crippen LogP contribution >= 0.6 is 0 Å². The number of carbonyl (C=O) groups is 1. The molecule has 0 unspecified atom stereocenters. The number of carbonyl (C=O) groups excluding carboxylic acids is 1. The Morgan fingerprint density at radius 3 is 2.59 bits per heavy atom. The Morgan fingerprint density at radius 1 is 1.09 bits per heavy atom. The summed E-state index contributed by atoms with van der Waals surface area (Å²) in [5, 5.41) is 0. The highest BCUT2D eigenvalue weighted by molar-refractivity contribution is 6.03. The molecule has 1 fully saturated rings. The van der Waals surface area contributed by atoms with Gasteiger partial charge in [0.2, 0.25) is 0 Å². The molecule has 1 aliphatic rings. The second kappa shape index (κ2) is 6.43. The van der Waals surface area contributed by atoms with Gasteiger partial charge in [0.15, 0.2) is 0 Å². The van der Waals surface area contributed by atoms with Crippen molar-refractivity contribution in [3.8, 4) is 0 Å². The Hall–Kier alpha value is -2.62. The van der Waals surface area contributed by atoms with Crippen molar-refractivity contribution in [3.05, 3.63) is 60.2 Å². The number of ether oxygens (including phenoxy) is 1. The molecule has 0 aromatic heterocycles. The minimum atomic E-state index is -0.357. The Kier molecular flexibility index (Phi) is 4.19. The van der Waals surface area contributed by atoms with Gasteiger partial charge in [0.05, 0.1) is 18.4 Å². The average molecular weight is 294 g/mol. The summed E-state index contributed by atoms with van der Waals surface area (Å²) >= 11 is 0. The number of aliphatic imine (C=N–C) groups is 1. The van der Waals surface area contributed by atoms with Gasteiger partial charge in [-0.1, -0.05) is 30.3 Å². The molecule has 0 atom stereocenters. The second-order valence-electron chi connectivity index (χ2n) is 5.13. The van der Waals surface area contributed by atoms with Crippen LogP contribution in [0.25, 0.3) is 0 Å². The molecular formula is C18H18N2O2. The minimum absolute atomic E-state index is 0.357. The minimum Gasteiger partial charge on any atom is -0.465 e.